The Bertz CT molecular complexity index is 380. The van der Waals surface area contributed by atoms with Crippen molar-refractivity contribution >= 4 is 17.6 Å². The summed E-state index contributed by atoms with van der Waals surface area (Å²) in [6.45, 7) is 3.00. The van der Waals surface area contributed by atoms with Crippen molar-refractivity contribution in [1.29, 1.82) is 0 Å². The molecule has 0 amide bonds. The highest BCUT2D eigenvalue weighted by molar-refractivity contribution is 6.33. The van der Waals surface area contributed by atoms with Gasteiger partial charge in [0.15, 0.2) is 0 Å². The van der Waals surface area contributed by atoms with E-state index >= 15 is 0 Å². The lowest BCUT2D eigenvalue weighted by Crippen LogP contribution is -2.44. The van der Waals surface area contributed by atoms with E-state index in [9.17, 15) is 4.79 Å². The van der Waals surface area contributed by atoms with Gasteiger partial charge in [-0.3, -0.25) is 4.98 Å². The van der Waals surface area contributed by atoms with Crippen LogP contribution in [0.5, 0.6) is 0 Å². The van der Waals surface area contributed by atoms with Gasteiger partial charge in [-0.05, 0) is 6.07 Å². The van der Waals surface area contributed by atoms with Crippen molar-refractivity contribution in [1.82, 2.24) is 15.4 Å². The van der Waals surface area contributed by atoms with Crippen LogP contribution in [0, 0.1) is 0 Å². The van der Waals surface area contributed by atoms with Gasteiger partial charge in [-0.25, -0.2) is 4.79 Å². The van der Waals surface area contributed by atoms with Crippen molar-refractivity contribution in [3.63, 3.8) is 0 Å². The van der Waals surface area contributed by atoms with Crippen molar-refractivity contribution in [2.24, 2.45) is 0 Å². The molecule has 1 aromatic rings. The van der Waals surface area contributed by atoms with Gasteiger partial charge < -0.3 is 10.2 Å². The predicted octanol–water partition coefficient (Wildman–Crippen LogP) is 0.712. The molecule has 6 heteroatoms. The number of halogens is 1. The molecule has 5 nitrogen and oxygen atoms in total. The molecule has 2 heterocycles. The number of nitrogens with one attached hydrogen (secondary N) is 1. The van der Waals surface area contributed by atoms with Crippen molar-refractivity contribution in [3.8, 4) is 0 Å². The van der Waals surface area contributed by atoms with Crippen LogP contribution in [0.3, 0.4) is 0 Å². The van der Waals surface area contributed by atoms with Gasteiger partial charge in [-0.1, -0.05) is 11.6 Å². The summed E-state index contributed by atoms with van der Waals surface area (Å²) < 4.78 is 0. The summed E-state index contributed by atoms with van der Waals surface area (Å²) in [6.07, 6.45) is 2.94. The third kappa shape index (κ3) is 2.69. The average molecular weight is 242 g/mol. The zero-order valence-electron chi connectivity index (χ0n) is 8.65. The second kappa shape index (κ2) is 5.25. The van der Waals surface area contributed by atoms with E-state index in [1.54, 1.807) is 11.1 Å². The van der Waals surface area contributed by atoms with Crippen molar-refractivity contribution < 1.29 is 9.63 Å². The molecule has 16 heavy (non-hydrogen) atoms. The minimum Gasteiger partial charge on any atom is -0.364 e. The number of aromatic nitrogens is 1. The summed E-state index contributed by atoms with van der Waals surface area (Å²) in [5.74, 6) is -0.458. The maximum Gasteiger partial charge on any atom is 0.360 e. The highest BCUT2D eigenvalue weighted by atomic mass is 35.5. The zero-order chi connectivity index (χ0) is 11.4. The van der Waals surface area contributed by atoms with Gasteiger partial charge in [0.05, 0.1) is 10.6 Å². The Kier molecular flexibility index (Phi) is 3.71. The molecule has 0 aromatic carbocycles. The molecule has 2 rings (SSSR count). The number of hydroxylamine groups is 2. The van der Waals surface area contributed by atoms with E-state index in [1.165, 1.54) is 12.4 Å². The molecule has 0 spiro atoms. The molecule has 1 aliphatic rings. The van der Waals surface area contributed by atoms with Gasteiger partial charge in [-0.15, -0.1) is 5.06 Å². The highest BCUT2D eigenvalue weighted by Crippen LogP contribution is 2.15. The highest BCUT2D eigenvalue weighted by Gasteiger charge is 2.18. The molecular weight excluding hydrogens is 230 g/mol. The molecule has 0 radical (unpaired) electrons. The summed E-state index contributed by atoms with van der Waals surface area (Å²) in [6, 6.07) is 1.57. The van der Waals surface area contributed by atoms with Crippen LogP contribution in [0.25, 0.3) is 0 Å². The van der Waals surface area contributed by atoms with E-state index in [0.29, 0.717) is 23.7 Å². The van der Waals surface area contributed by atoms with E-state index < -0.39 is 5.97 Å². The zero-order valence-corrected chi connectivity index (χ0v) is 9.41. The molecule has 1 N–H and O–H groups in total. The van der Waals surface area contributed by atoms with Crippen molar-refractivity contribution in [2.45, 2.75) is 0 Å². The Hall–Kier alpha value is -1.17. The van der Waals surface area contributed by atoms with Gasteiger partial charge in [0.2, 0.25) is 0 Å². The van der Waals surface area contributed by atoms with Crippen LogP contribution in [-0.2, 0) is 4.84 Å². The standard InChI is InChI=1S/C10H12ClN3O2/c11-9-1-2-13-7-8(9)10(15)16-14-5-3-12-4-6-14/h1-2,7,12H,3-6H2. The first-order valence-corrected chi connectivity index (χ1v) is 5.42. The van der Waals surface area contributed by atoms with Crippen molar-refractivity contribution in [2.75, 3.05) is 26.2 Å². The molecule has 0 unspecified atom stereocenters. The van der Waals surface area contributed by atoms with Gasteiger partial charge in [0.25, 0.3) is 0 Å². The van der Waals surface area contributed by atoms with Crippen molar-refractivity contribution in [3.05, 3.63) is 29.0 Å². The van der Waals surface area contributed by atoms with E-state index in [0.717, 1.165) is 13.1 Å². The number of piperazine rings is 1. The van der Waals surface area contributed by atoms with Crippen LogP contribution in [0.4, 0.5) is 0 Å². The van der Waals surface area contributed by atoms with Gasteiger partial charge in [-0.2, -0.15) is 0 Å². The molecule has 1 fully saturated rings. The summed E-state index contributed by atoms with van der Waals surface area (Å²) in [5, 5.41) is 5.15. The average Bonchev–Trinajstić information content (AvgIpc) is 2.31. The lowest BCUT2D eigenvalue weighted by molar-refractivity contribution is -0.115. The summed E-state index contributed by atoms with van der Waals surface area (Å²) >= 11 is 5.87. The molecule has 1 saturated heterocycles. The van der Waals surface area contributed by atoms with Crippen LogP contribution in [0.2, 0.25) is 5.02 Å². The quantitative estimate of drug-likeness (QED) is 0.827. The molecule has 0 bridgehead atoms. The second-order valence-electron chi connectivity index (χ2n) is 3.41. The maximum absolute atomic E-state index is 11.7. The Balaban J connectivity index is 2.00. The molecular formula is C10H12ClN3O2. The Morgan fingerprint density at radius 3 is 2.94 bits per heavy atom. The van der Waals surface area contributed by atoms with Crippen LogP contribution < -0.4 is 5.32 Å². The molecule has 1 aliphatic heterocycles. The first-order chi connectivity index (χ1) is 7.77. The third-order valence-electron chi connectivity index (χ3n) is 2.28. The number of rotatable bonds is 2. The smallest absolute Gasteiger partial charge is 0.360 e. The number of hydrogen-bond donors (Lipinski definition) is 1. The minimum atomic E-state index is -0.458. The van der Waals surface area contributed by atoms with Crippen LogP contribution >= 0.6 is 11.6 Å². The van der Waals surface area contributed by atoms with Crippen LogP contribution in [0.15, 0.2) is 18.5 Å². The molecule has 0 aliphatic carbocycles. The molecule has 1 aromatic heterocycles. The Labute approximate surface area is 98.3 Å². The van der Waals surface area contributed by atoms with Crippen LogP contribution in [0.1, 0.15) is 10.4 Å². The lowest BCUT2D eigenvalue weighted by Gasteiger charge is -2.25. The van der Waals surface area contributed by atoms with Gasteiger partial charge in [0.1, 0.15) is 0 Å². The monoisotopic (exact) mass is 241 g/mol. The third-order valence-corrected chi connectivity index (χ3v) is 2.61. The fourth-order valence-electron chi connectivity index (χ4n) is 1.43. The fourth-order valence-corrected chi connectivity index (χ4v) is 1.61. The van der Waals surface area contributed by atoms with E-state index in [2.05, 4.69) is 10.3 Å². The maximum atomic E-state index is 11.7. The molecule has 86 valence electrons. The second-order valence-corrected chi connectivity index (χ2v) is 3.82. The van der Waals surface area contributed by atoms with Gasteiger partial charge >= 0.3 is 5.97 Å². The van der Waals surface area contributed by atoms with E-state index in [1.807, 2.05) is 0 Å². The van der Waals surface area contributed by atoms with Gasteiger partial charge in [0, 0.05) is 38.6 Å². The number of carbonyl (C=O) groups is 1. The van der Waals surface area contributed by atoms with Crippen LogP contribution in [-0.4, -0.2) is 42.2 Å². The molecule has 0 atom stereocenters. The molecule has 0 saturated carbocycles. The SMILES string of the molecule is O=C(ON1CCNCC1)c1cnccc1Cl. The minimum absolute atomic E-state index is 0.294. The normalized spacial score (nSPS) is 17.1. The Morgan fingerprint density at radius 1 is 1.50 bits per heavy atom. The number of hydrogen-bond acceptors (Lipinski definition) is 5. The first kappa shape index (κ1) is 11.3. The summed E-state index contributed by atoms with van der Waals surface area (Å²) in [4.78, 5) is 20.8. The summed E-state index contributed by atoms with van der Waals surface area (Å²) in [7, 11) is 0. The largest absolute Gasteiger partial charge is 0.364 e. The predicted molar refractivity (Wildman–Crippen MR) is 59.1 cm³/mol. The fraction of sp³-hybridized carbons (Fsp3) is 0.400. The van der Waals surface area contributed by atoms with E-state index in [4.69, 9.17) is 16.4 Å². The number of pyridine rings is 1. The number of carbonyl (C=O) groups excluding carboxylic acids is 1. The summed E-state index contributed by atoms with van der Waals surface area (Å²) in [5.41, 5.74) is 0.294. The first-order valence-electron chi connectivity index (χ1n) is 5.05. The Morgan fingerprint density at radius 2 is 2.25 bits per heavy atom. The topological polar surface area (TPSA) is 54.5 Å². The number of nitrogens with zero attached hydrogens (tertiary/aromatic N) is 2. The lowest BCUT2D eigenvalue weighted by atomic mass is 10.3. The van der Waals surface area contributed by atoms with E-state index in [-0.39, 0.29) is 0 Å².